The Morgan fingerprint density at radius 1 is 0.692 bits per heavy atom. The van der Waals surface area contributed by atoms with Gasteiger partial charge >= 0.3 is 0 Å². The average molecular weight is 334 g/mol. The Balaban J connectivity index is 1.92. The van der Waals surface area contributed by atoms with E-state index in [1.165, 1.54) is 16.2 Å². The largest absolute Gasteiger partial charge is 0.354 e. The highest BCUT2D eigenvalue weighted by atomic mass is 15.2. The third-order valence-electron chi connectivity index (χ3n) is 5.09. The molecule has 6 rings (SSSR count). The zero-order valence-corrected chi connectivity index (χ0v) is 13.8. The number of hydrogen-bond donors (Lipinski definition) is 1. The lowest BCUT2D eigenvalue weighted by Crippen LogP contribution is -1.95. The molecule has 122 valence electrons. The van der Waals surface area contributed by atoms with Crippen LogP contribution in [0.25, 0.3) is 49.4 Å². The van der Waals surface area contributed by atoms with Gasteiger partial charge in [-0.2, -0.15) is 5.10 Å². The molecule has 0 spiro atoms. The number of rotatable bonds is 1. The van der Waals surface area contributed by atoms with Crippen molar-refractivity contribution in [2.45, 2.75) is 0 Å². The van der Waals surface area contributed by atoms with Crippen molar-refractivity contribution in [2.24, 2.45) is 0 Å². The molecule has 0 radical (unpaired) electrons. The summed E-state index contributed by atoms with van der Waals surface area (Å²) in [7, 11) is 0. The first-order valence-corrected chi connectivity index (χ1v) is 8.62. The predicted octanol–water partition coefficient (Wildman–Crippen LogP) is 5.21. The third kappa shape index (κ3) is 1.68. The lowest BCUT2D eigenvalue weighted by atomic mass is 10.1. The molecule has 6 aromatic rings. The maximum Gasteiger partial charge on any atom is 0.168 e. The van der Waals surface area contributed by atoms with Crippen LogP contribution in [0.15, 0.2) is 79.0 Å². The number of benzene rings is 3. The quantitative estimate of drug-likeness (QED) is 0.449. The Bertz CT molecular complexity index is 1420. The van der Waals surface area contributed by atoms with E-state index < -0.39 is 0 Å². The van der Waals surface area contributed by atoms with Crippen LogP contribution in [0.3, 0.4) is 0 Å². The zero-order valence-electron chi connectivity index (χ0n) is 13.8. The molecule has 0 aliphatic rings. The lowest BCUT2D eigenvalue weighted by Gasteiger charge is -2.06. The molecule has 0 amide bonds. The fraction of sp³-hybridized carbons (Fsp3) is 0. The van der Waals surface area contributed by atoms with Crippen molar-refractivity contribution in [3.8, 4) is 5.69 Å². The first-order valence-electron chi connectivity index (χ1n) is 8.62. The Hall–Kier alpha value is -3.66. The fourth-order valence-corrected chi connectivity index (χ4v) is 4.03. The molecule has 3 heterocycles. The van der Waals surface area contributed by atoms with E-state index in [1.807, 2.05) is 18.2 Å². The van der Waals surface area contributed by atoms with E-state index in [0.29, 0.717) is 0 Å². The number of aromatic nitrogens is 4. The maximum absolute atomic E-state index is 4.47. The van der Waals surface area contributed by atoms with Crippen LogP contribution in [0.1, 0.15) is 0 Å². The molecule has 0 saturated heterocycles. The summed E-state index contributed by atoms with van der Waals surface area (Å²) in [4.78, 5) is 3.54. The van der Waals surface area contributed by atoms with Gasteiger partial charge in [-0.3, -0.25) is 4.57 Å². The second-order valence-electron chi connectivity index (χ2n) is 6.49. The van der Waals surface area contributed by atoms with Gasteiger partial charge in [0, 0.05) is 38.3 Å². The molecule has 0 fully saturated rings. The van der Waals surface area contributed by atoms with E-state index in [1.54, 1.807) is 6.20 Å². The Kier molecular flexibility index (Phi) is 2.58. The molecule has 4 nitrogen and oxygen atoms in total. The van der Waals surface area contributed by atoms with Crippen LogP contribution in [0, 0.1) is 0 Å². The molecule has 0 aliphatic heterocycles. The minimum atomic E-state index is 0.881. The molecule has 1 N–H and O–H groups in total. The minimum absolute atomic E-state index is 0.881. The van der Waals surface area contributed by atoms with Gasteiger partial charge in [-0.05, 0) is 36.4 Å². The summed E-state index contributed by atoms with van der Waals surface area (Å²) in [5.74, 6) is 0. The SMILES string of the molecule is c1ccc(-n2c3ccc4[nH]c5ccccc5c4c3c3ccnnc32)cc1. The highest BCUT2D eigenvalue weighted by Gasteiger charge is 2.18. The molecule has 0 saturated carbocycles. The zero-order chi connectivity index (χ0) is 17.1. The monoisotopic (exact) mass is 334 g/mol. The molecule has 0 atom stereocenters. The van der Waals surface area contributed by atoms with Crippen molar-refractivity contribution in [3.63, 3.8) is 0 Å². The summed E-state index contributed by atoms with van der Waals surface area (Å²) in [5, 5.41) is 13.4. The summed E-state index contributed by atoms with van der Waals surface area (Å²) in [6.07, 6.45) is 1.77. The summed E-state index contributed by atoms with van der Waals surface area (Å²) >= 11 is 0. The second-order valence-corrected chi connectivity index (χ2v) is 6.49. The number of para-hydroxylation sites is 2. The number of fused-ring (bicyclic) bond motifs is 7. The van der Waals surface area contributed by atoms with Crippen LogP contribution >= 0.6 is 0 Å². The minimum Gasteiger partial charge on any atom is -0.354 e. The van der Waals surface area contributed by atoms with Crippen LogP contribution in [0.5, 0.6) is 0 Å². The molecule has 0 unspecified atom stereocenters. The van der Waals surface area contributed by atoms with Gasteiger partial charge in [-0.1, -0.05) is 36.4 Å². The summed E-state index contributed by atoms with van der Waals surface area (Å²) in [5.41, 5.74) is 5.41. The molecule has 4 heteroatoms. The fourth-order valence-electron chi connectivity index (χ4n) is 4.03. The topological polar surface area (TPSA) is 46.5 Å². The van der Waals surface area contributed by atoms with Crippen molar-refractivity contribution in [2.75, 3.05) is 0 Å². The van der Waals surface area contributed by atoms with E-state index >= 15 is 0 Å². The number of nitrogens with one attached hydrogen (secondary N) is 1. The van der Waals surface area contributed by atoms with E-state index in [-0.39, 0.29) is 0 Å². The van der Waals surface area contributed by atoms with Crippen LogP contribution in [0.2, 0.25) is 0 Å². The van der Waals surface area contributed by atoms with Crippen LogP contribution in [-0.2, 0) is 0 Å². The van der Waals surface area contributed by atoms with Gasteiger partial charge in [0.2, 0.25) is 0 Å². The van der Waals surface area contributed by atoms with Gasteiger partial charge in [-0.25, -0.2) is 0 Å². The van der Waals surface area contributed by atoms with Gasteiger partial charge in [0.1, 0.15) is 0 Å². The summed E-state index contributed by atoms with van der Waals surface area (Å²) in [6.45, 7) is 0. The Labute approximate surface area is 148 Å². The van der Waals surface area contributed by atoms with Crippen molar-refractivity contribution < 1.29 is 0 Å². The van der Waals surface area contributed by atoms with Crippen LogP contribution in [-0.4, -0.2) is 19.7 Å². The van der Waals surface area contributed by atoms with E-state index in [4.69, 9.17) is 0 Å². The van der Waals surface area contributed by atoms with Gasteiger partial charge in [0.15, 0.2) is 5.65 Å². The highest BCUT2D eigenvalue weighted by molar-refractivity contribution is 6.27. The average Bonchev–Trinajstić information content (AvgIpc) is 3.24. The van der Waals surface area contributed by atoms with Gasteiger partial charge in [0.05, 0.1) is 11.7 Å². The van der Waals surface area contributed by atoms with Crippen molar-refractivity contribution >= 4 is 43.7 Å². The van der Waals surface area contributed by atoms with Gasteiger partial charge in [-0.15, -0.1) is 5.10 Å². The van der Waals surface area contributed by atoms with Crippen LogP contribution in [0.4, 0.5) is 0 Å². The number of nitrogens with zero attached hydrogens (tertiary/aromatic N) is 3. The Morgan fingerprint density at radius 2 is 1.54 bits per heavy atom. The number of aromatic amines is 1. The van der Waals surface area contributed by atoms with Crippen molar-refractivity contribution in [1.82, 2.24) is 19.7 Å². The summed E-state index contributed by atoms with van der Waals surface area (Å²) < 4.78 is 2.19. The summed E-state index contributed by atoms with van der Waals surface area (Å²) in [6, 6.07) is 25.2. The number of hydrogen-bond acceptors (Lipinski definition) is 2. The molecule has 26 heavy (non-hydrogen) atoms. The lowest BCUT2D eigenvalue weighted by molar-refractivity contribution is 1.02. The first kappa shape index (κ1) is 13.6. The van der Waals surface area contributed by atoms with Crippen molar-refractivity contribution in [1.29, 1.82) is 0 Å². The maximum atomic E-state index is 4.47. The predicted molar refractivity (Wildman–Crippen MR) is 106 cm³/mol. The van der Waals surface area contributed by atoms with E-state index in [2.05, 4.69) is 74.3 Å². The molecule has 3 aromatic heterocycles. The molecular formula is C22H14N4. The van der Waals surface area contributed by atoms with Crippen LogP contribution < -0.4 is 0 Å². The smallest absolute Gasteiger partial charge is 0.168 e. The Morgan fingerprint density at radius 3 is 2.46 bits per heavy atom. The second kappa shape index (κ2) is 4.92. The molecule has 0 aliphatic carbocycles. The standard InChI is InChI=1S/C22H14N4/c1-2-6-14(7-3-1)26-19-11-10-18-20(15-8-4-5-9-17(15)24-18)21(19)16-12-13-23-25-22(16)26/h1-13,24H. The highest BCUT2D eigenvalue weighted by Crippen LogP contribution is 2.38. The third-order valence-corrected chi connectivity index (χ3v) is 5.09. The normalized spacial score (nSPS) is 11.8. The van der Waals surface area contributed by atoms with E-state index in [0.717, 1.165) is 33.3 Å². The van der Waals surface area contributed by atoms with Crippen molar-refractivity contribution in [3.05, 3.63) is 79.0 Å². The molecule has 0 bridgehead atoms. The van der Waals surface area contributed by atoms with Gasteiger partial charge in [0.25, 0.3) is 0 Å². The molecule has 3 aromatic carbocycles. The van der Waals surface area contributed by atoms with E-state index in [9.17, 15) is 0 Å². The van der Waals surface area contributed by atoms with Gasteiger partial charge < -0.3 is 4.98 Å². The first-order chi connectivity index (χ1) is 12.9. The number of H-pyrrole nitrogens is 1. The molecular weight excluding hydrogens is 320 g/mol.